The summed E-state index contributed by atoms with van der Waals surface area (Å²) in [5.41, 5.74) is 9.84. The third kappa shape index (κ3) is 3.98. The first-order valence-electron chi connectivity index (χ1n) is 13.9. The lowest BCUT2D eigenvalue weighted by Crippen LogP contribution is -1.96. The molecule has 0 saturated heterocycles. The highest BCUT2D eigenvalue weighted by molar-refractivity contribution is 6.10. The molecule has 3 nitrogen and oxygen atoms in total. The first-order valence-corrected chi connectivity index (χ1v) is 13.9. The molecule has 6 aromatic carbocycles. The lowest BCUT2D eigenvalue weighted by atomic mass is 10.0. The van der Waals surface area contributed by atoms with Crippen molar-refractivity contribution in [2.45, 2.75) is 0 Å². The van der Waals surface area contributed by atoms with E-state index in [0.29, 0.717) is 0 Å². The van der Waals surface area contributed by atoms with Gasteiger partial charge in [-0.15, -0.1) is 0 Å². The number of hydrogen-bond donors (Lipinski definition) is 0. The summed E-state index contributed by atoms with van der Waals surface area (Å²) in [6.45, 7) is 0. The molecule has 0 radical (unpaired) electrons. The Morgan fingerprint density at radius 2 is 0.976 bits per heavy atom. The molecular weight excluding hydrogens is 498 g/mol. The van der Waals surface area contributed by atoms with E-state index in [1.165, 1.54) is 32.9 Å². The molecule has 0 unspecified atom stereocenters. The van der Waals surface area contributed by atoms with Crippen molar-refractivity contribution in [3.05, 3.63) is 152 Å². The van der Waals surface area contributed by atoms with Gasteiger partial charge >= 0.3 is 0 Å². The molecule has 2 aromatic heterocycles. The van der Waals surface area contributed by atoms with Crippen LogP contribution in [0.15, 0.2) is 152 Å². The highest BCUT2D eigenvalue weighted by Gasteiger charge is 2.16. The Hall–Kier alpha value is -5.54. The van der Waals surface area contributed by atoms with Crippen molar-refractivity contribution in [3.8, 4) is 39.5 Å². The second-order valence-electron chi connectivity index (χ2n) is 10.3. The summed E-state index contributed by atoms with van der Waals surface area (Å²) in [4.78, 5) is 10.2. The van der Waals surface area contributed by atoms with Gasteiger partial charge in [0, 0.05) is 33.0 Å². The molecule has 0 atom stereocenters. The van der Waals surface area contributed by atoms with Crippen molar-refractivity contribution >= 4 is 32.7 Å². The van der Waals surface area contributed by atoms with Gasteiger partial charge in [0.1, 0.15) is 0 Å². The fraction of sp³-hybridized carbons (Fsp3) is 0. The van der Waals surface area contributed by atoms with Gasteiger partial charge in [-0.1, -0.05) is 109 Å². The Morgan fingerprint density at radius 3 is 1.78 bits per heavy atom. The number of para-hydroxylation sites is 3. The fourth-order valence-corrected chi connectivity index (χ4v) is 5.84. The van der Waals surface area contributed by atoms with Crippen LogP contribution >= 0.6 is 0 Å². The van der Waals surface area contributed by atoms with Crippen LogP contribution in [0.5, 0.6) is 0 Å². The number of aromatic nitrogens is 3. The second-order valence-corrected chi connectivity index (χ2v) is 10.3. The van der Waals surface area contributed by atoms with Crippen LogP contribution in [0.25, 0.3) is 72.2 Å². The van der Waals surface area contributed by atoms with Crippen LogP contribution < -0.4 is 0 Å². The third-order valence-electron chi connectivity index (χ3n) is 7.81. The van der Waals surface area contributed by atoms with Crippen molar-refractivity contribution in [2.24, 2.45) is 0 Å². The van der Waals surface area contributed by atoms with Gasteiger partial charge in [-0.2, -0.15) is 0 Å². The van der Waals surface area contributed by atoms with Crippen LogP contribution in [-0.2, 0) is 0 Å². The van der Waals surface area contributed by atoms with Crippen molar-refractivity contribution < 1.29 is 0 Å². The van der Waals surface area contributed by atoms with Gasteiger partial charge < -0.3 is 4.57 Å². The van der Waals surface area contributed by atoms with E-state index in [-0.39, 0.29) is 0 Å². The zero-order valence-corrected chi connectivity index (χ0v) is 22.3. The van der Waals surface area contributed by atoms with Crippen LogP contribution in [0, 0.1) is 0 Å². The predicted molar refractivity (Wildman–Crippen MR) is 170 cm³/mol. The smallest absolute Gasteiger partial charge is 0.160 e. The van der Waals surface area contributed by atoms with Crippen molar-refractivity contribution in [3.63, 3.8) is 0 Å². The van der Waals surface area contributed by atoms with Gasteiger partial charge in [0.25, 0.3) is 0 Å². The standard InChI is InChI=1S/C38H25N3/c1-3-11-26(12-4-1)27-19-21-28(22-20-27)37-32-16-7-9-17-34(32)39-38(40-37)29-23-24-36-33(25-29)31-15-8-10-18-35(31)41(36)30-13-5-2-6-14-30/h1-25H. The Balaban J connectivity index is 1.30. The largest absolute Gasteiger partial charge is 0.309 e. The van der Waals surface area contributed by atoms with Crippen LogP contribution in [-0.4, -0.2) is 14.5 Å². The third-order valence-corrected chi connectivity index (χ3v) is 7.81. The zero-order valence-electron chi connectivity index (χ0n) is 22.3. The van der Waals surface area contributed by atoms with Crippen LogP contribution in [0.4, 0.5) is 0 Å². The maximum absolute atomic E-state index is 5.18. The van der Waals surface area contributed by atoms with Crippen LogP contribution in [0.2, 0.25) is 0 Å². The molecule has 0 saturated carbocycles. The normalized spacial score (nSPS) is 11.4. The van der Waals surface area contributed by atoms with E-state index in [1.807, 2.05) is 12.1 Å². The van der Waals surface area contributed by atoms with E-state index in [1.54, 1.807) is 0 Å². The molecule has 8 aromatic rings. The summed E-state index contributed by atoms with van der Waals surface area (Å²) in [7, 11) is 0. The molecular formula is C38H25N3. The monoisotopic (exact) mass is 523 g/mol. The lowest BCUT2D eigenvalue weighted by molar-refractivity contribution is 1.18. The van der Waals surface area contributed by atoms with Gasteiger partial charge in [-0.3, -0.25) is 0 Å². The molecule has 0 fully saturated rings. The molecule has 0 aliphatic carbocycles. The van der Waals surface area contributed by atoms with Gasteiger partial charge in [0.05, 0.1) is 22.2 Å². The first-order chi connectivity index (χ1) is 20.3. The molecule has 41 heavy (non-hydrogen) atoms. The molecule has 0 bridgehead atoms. The number of nitrogens with zero attached hydrogens (tertiary/aromatic N) is 3. The molecule has 2 heterocycles. The molecule has 0 aliphatic rings. The zero-order chi connectivity index (χ0) is 27.2. The van der Waals surface area contributed by atoms with Crippen LogP contribution in [0.1, 0.15) is 0 Å². The lowest BCUT2D eigenvalue weighted by Gasteiger charge is -2.11. The minimum absolute atomic E-state index is 0.726. The summed E-state index contributed by atoms with van der Waals surface area (Å²) in [6, 6.07) is 53.1. The van der Waals surface area contributed by atoms with Crippen LogP contribution in [0.3, 0.4) is 0 Å². The van der Waals surface area contributed by atoms with Crippen molar-refractivity contribution in [2.75, 3.05) is 0 Å². The molecule has 0 amide bonds. The average Bonchev–Trinajstić information content (AvgIpc) is 3.39. The maximum Gasteiger partial charge on any atom is 0.160 e. The Labute approximate surface area is 238 Å². The second kappa shape index (κ2) is 9.58. The van der Waals surface area contributed by atoms with E-state index >= 15 is 0 Å². The van der Waals surface area contributed by atoms with Gasteiger partial charge in [0.15, 0.2) is 5.82 Å². The predicted octanol–water partition coefficient (Wildman–Crippen LogP) is 9.73. The fourth-order valence-electron chi connectivity index (χ4n) is 5.84. The molecule has 8 rings (SSSR count). The van der Waals surface area contributed by atoms with E-state index in [4.69, 9.17) is 9.97 Å². The number of benzene rings is 6. The quantitative estimate of drug-likeness (QED) is 0.230. The molecule has 0 spiro atoms. The highest BCUT2D eigenvalue weighted by atomic mass is 15.0. The summed E-state index contributed by atoms with van der Waals surface area (Å²) < 4.78 is 2.33. The minimum Gasteiger partial charge on any atom is -0.309 e. The summed E-state index contributed by atoms with van der Waals surface area (Å²) >= 11 is 0. The van der Waals surface area contributed by atoms with E-state index in [2.05, 4.69) is 144 Å². The van der Waals surface area contributed by atoms with E-state index < -0.39 is 0 Å². The van der Waals surface area contributed by atoms with Gasteiger partial charge in [-0.25, -0.2) is 9.97 Å². The average molecular weight is 524 g/mol. The number of fused-ring (bicyclic) bond motifs is 4. The Kier molecular flexibility index (Phi) is 5.46. The Bertz CT molecular complexity index is 2180. The van der Waals surface area contributed by atoms with E-state index in [0.717, 1.165) is 39.2 Å². The van der Waals surface area contributed by atoms with Gasteiger partial charge in [-0.05, 0) is 53.6 Å². The summed E-state index contributed by atoms with van der Waals surface area (Å²) in [6.07, 6.45) is 0. The highest BCUT2D eigenvalue weighted by Crippen LogP contribution is 2.36. The number of rotatable bonds is 4. The molecule has 0 aliphatic heterocycles. The molecule has 3 heteroatoms. The number of hydrogen-bond acceptors (Lipinski definition) is 2. The Morgan fingerprint density at radius 1 is 0.390 bits per heavy atom. The molecule has 0 N–H and O–H groups in total. The summed E-state index contributed by atoms with van der Waals surface area (Å²) in [5, 5.41) is 3.45. The topological polar surface area (TPSA) is 30.7 Å². The van der Waals surface area contributed by atoms with Gasteiger partial charge in [0.2, 0.25) is 0 Å². The van der Waals surface area contributed by atoms with E-state index in [9.17, 15) is 0 Å². The molecule has 192 valence electrons. The SMILES string of the molecule is c1ccc(-c2ccc(-c3nc(-c4ccc5c(c4)c4ccccc4n5-c4ccccc4)nc4ccccc34)cc2)cc1. The van der Waals surface area contributed by atoms with Crippen molar-refractivity contribution in [1.29, 1.82) is 0 Å². The summed E-state index contributed by atoms with van der Waals surface area (Å²) in [5.74, 6) is 0.726. The first kappa shape index (κ1) is 23.4. The minimum atomic E-state index is 0.726. The van der Waals surface area contributed by atoms with Crippen molar-refractivity contribution in [1.82, 2.24) is 14.5 Å². The maximum atomic E-state index is 5.18.